The first-order valence-electron chi connectivity index (χ1n) is 15.6. The summed E-state index contributed by atoms with van der Waals surface area (Å²) in [6.07, 6.45) is 8.33. The quantitative estimate of drug-likeness (QED) is 0.197. The van der Waals surface area contributed by atoms with Gasteiger partial charge in [-0.25, -0.2) is 0 Å². The van der Waals surface area contributed by atoms with Crippen LogP contribution in [0.3, 0.4) is 0 Å². The van der Waals surface area contributed by atoms with Gasteiger partial charge in [0, 0.05) is 38.8 Å². The number of para-hydroxylation sites is 2. The van der Waals surface area contributed by atoms with Crippen LogP contribution in [0.25, 0.3) is 27.5 Å². The van der Waals surface area contributed by atoms with Gasteiger partial charge in [-0.1, -0.05) is 92.8 Å². The van der Waals surface area contributed by atoms with E-state index in [1.54, 1.807) is 16.7 Å². The Labute approximate surface area is 237 Å². The van der Waals surface area contributed by atoms with E-state index in [-0.39, 0.29) is 17.7 Å². The van der Waals surface area contributed by atoms with Crippen LogP contribution in [0.1, 0.15) is 63.5 Å². The van der Waals surface area contributed by atoms with Crippen molar-refractivity contribution in [3.8, 4) is 5.69 Å². The molecule has 10 rings (SSSR count). The molecule has 1 aromatic heterocycles. The smallest absolute Gasteiger partial charge is 0.252 e. The van der Waals surface area contributed by atoms with Crippen LogP contribution >= 0.6 is 0 Å². The van der Waals surface area contributed by atoms with Crippen molar-refractivity contribution >= 4 is 56.3 Å². The fourth-order valence-electron chi connectivity index (χ4n) is 10.6. The van der Waals surface area contributed by atoms with Crippen LogP contribution in [0.5, 0.6) is 0 Å². The number of anilines is 2. The molecular formula is C37H35BN2. The highest BCUT2D eigenvalue weighted by atomic mass is 15.3. The van der Waals surface area contributed by atoms with Crippen molar-refractivity contribution in [3.63, 3.8) is 0 Å². The molecule has 0 bridgehead atoms. The molecule has 2 nitrogen and oxygen atoms in total. The van der Waals surface area contributed by atoms with Crippen LogP contribution in [-0.2, 0) is 5.41 Å². The van der Waals surface area contributed by atoms with Gasteiger partial charge in [0.2, 0.25) is 0 Å². The summed E-state index contributed by atoms with van der Waals surface area (Å²) in [5.41, 5.74) is 14.9. The highest BCUT2D eigenvalue weighted by Gasteiger charge is 2.64. The van der Waals surface area contributed by atoms with Gasteiger partial charge >= 0.3 is 0 Å². The lowest BCUT2D eigenvalue weighted by Crippen LogP contribution is -2.65. The summed E-state index contributed by atoms with van der Waals surface area (Å²) in [5, 5.41) is 2.74. The summed E-state index contributed by atoms with van der Waals surface area (Å²) in [4.78, 5) is 2.88. The molecule has 5 aliphatic rings. The zero-order valence-corrected chi connectivity index (χ0v) is 23.8. The fraction of sp³-hybridized carbons (Fsp3) is 0.351. The van der Waals surface area contributed by atoms with Gasteiger partial charge in [0.15, 0.2) is 0 Å². The summed E-state index contributed by atoms with van der Waals surface area (Å²) in [7, 11) is 0. The molecule has 0 amide bonds. The molecule has 0 radical (unpaired) electrons. The third kappa shape index (κ3) is 2.32. The van der Waals surface area contributed by atoms with Crippen molar-refractivity contribution in [2.75, 3.05) is 4.90 Å². The van der Waals surface area contributed by atoms with Gasteiger partial charge in [-0.05, 0) is 78.7 Å². The van der Waals surface area contributed by atoms with Gasteiger partial charge in [-0.2, -0.15) is 0 Å². The first-order valence-corrected chi connectivity index (χ1v) is 15.6. The Morgan fingerprint density at radius 1 is 0.775 bits per heavy atom. The average Bonchev–Trinajstić information content (AvgIpc) is 3.40. The zero-order valence-electron chi connectivity index (χ0n) is 23.8. The van der Waals surface area contributed by atoms with Gasteiger partial charge in [-0.3, -0.25) is 0 Å². The lowest BCUT2D eigenvalue weighted by molar-refractivity contribution is 0.0581. The van der Waals surface area contributed by atoms with Gasteiger partial charge in [0.05, 0.1) is 11.1 Å². The minimum absolute atomic E-state index is 0.0848. The van der Waals surface area contributed by atoms with E-state index < -0.39 is 0 Å². The molecule has 0 spiro atoms. The van der Waals surface area contributed by atoms with E-state index in [0.717, 1.165) is 11.8 Å². The molecule has 196 valence electrons. The molecule has 4 heterocycles. The van der Waals surface area contributed by atoms with Gasteiger partial charge < -0.3 is 9.47 Å². The number of aryl methyl sites for hydroxylation is 1. The predicted molar refractivity (Wildman–Crippen MR) is 169 cm³/mol. The molecule has 5 aromatic rings. The number of benzene rings is 4. The Balaban J connectivity index is 1.35. The second-order valence-corrected chi connectivity index (χ2v) is 14.1. The molecule has 4 unspecified atom stereocenters. The Morgan fingerprint density at radius 2 is 1.52 bits per heavy atom. The average molecular weight is 519 g/mol. The zero-order chi connectivity index (χ0) is 26.5. The maximum Gasteiger partial charge on any atom is 0.252 e. The number of fused-ring (bicyclic) bond motifs is 11. The number of hydrogen-bond donors (Lipinski definition) is 0. The second kappa shape index (κ2) is 7.05. The summed E-state index contributed by atoms with van der Waals surface area (Å²) in [6.45, 7) is 7.89. The fourth-order valence-corrected chi connectivity index (χ4v) is 10.6. The number of rotatable bonds is 0. The van der Waals surface area contributed by atoms with Crippen LogP contribution in [0.4, 0.5) is 11.4 Å². The van der Waals surface area contributed by atoms with Crippen molar-refractivity contribution in [2.24, 2.45) is 11.8 Å². The van der Waals surface area contributed by atoms with Crippen LogP contribution in [-0.4, -0.2) is 16.8 Å². The number of nitrogens with zero attached hydrogens (tertiary/aromatic N) is 2. The highest BCUT2D eigenvalue weighted by Crippen LogP contribution is 2.64. The lowest BCUT2D eigenvalue weighted by atomic mass is 9.33. The molecule has 4 aromatic carbocycles. The van der Waals surface area contributed by atoms with E-state index in [1.165, 1.54) is 88.2 Å². The largest absolute Gasteiger partial charge is 0.335 e. The summed E-state index contributed by atoms with van der Waals surface area (Å²) >= 11 is 0. The number of aromatic nitrogens is 1. The first kappa shape index (κ1) is 22.3. The molecule has 3 aliphatic heterocycles. The Bertz CT molecular complexity index is 1950. The molecule has 0 saturated heterocycles. The molecule has 2 aliphatic carbocycles. The van der Waals surface area contributed by atoms with Crippen molar-refractivity contribution in [1.82, 2.24) is 4.57 Å². The SMILES string of the molecule is Cc1cc2c3c(c1)C1(C)CC4CCCCC4CC1(C)N3c1cccc3c1B2c1cccc2c4ccccc4n-3c12. The van der Waals surface area contributed by atoms with E-state index in [2.05, 4.69) is 103 Å². The monoisotopic (exact) mass is 518 g/mol. The van der Waals surface area contributed by atoms with E-state index >= 15 is 0 Å². The van der Waals surface area contributed by atoms with E-state index in [0.29, 0.717) is 0 Å². The minimum atomic E-state index is 0.0848. The number of hydrogen-bond acceptors (Lipinski definition) is 1. The molecule has 4 atom stereocenters. The van der Waals surface area contributed by atoms with E-state index in [1.807, 2.05) is 0 Å². The first-order chi connectivity index (χ1) is 19.5. The topological polar surface area (TPSA) is 8.17 Å². The molecular weight excluding hydrogens is 483 g/mol. The van der Waals surface area contributed by atoms with Gasteiger partial charge in [-0.15, -0.1) is 0 Å². The van der Waals surface area contributed by atoms with E-state index in [4.69, 9.17) is 0 Å². The Kier molecular flexibility index (Phi) is 3.93. The van der Waals surface area contributed by atoms with Crippen molar-refractivity contribution in [3.05, 3.63) is 83.9 Å². The van der Waals surface area contributed by atoms with E-state index in [9.17, 15) is 0 Å². The maximum absolute atomic E-state index is 2.88. The predicted octanol–water partition coefficient (Wildman–Crippen LogP) is 7.00. The standard InChI is InChI=1S/C37H35BN2/c1-22-18-27-35-29(19-22)38-28-14-8-13-26-25-12-6-7-15-30(25)39(34(26)28)31-16-9-17-32(33(31)38)40(35)37(3)21-24-11-5-4-10-23(24)20-36(27,37)2/h6-9,12-19,23-24H,4-5,10-11,20-21H2,1-3H3. The van der Waals surface area contributed by atoms with Crippen molar-refractivity contribution in [2.45, 2.75) is 70.3 Å². The summed E-state index contributed by atoms with van der Waals surface area (Å²) in [6, 6.07) is 28.4. The second-order valence-electron chi connectivity index (χ2n) is 14.1. The van der Waals surface area contributed by atoms with Crippen LogP contribution < -0.4 is 21.3 Å². The van der Waals surface area contributed by atoms with Crippen molar-refractivity contribution in [1.29, 1.82) is 0 Å². The van der Waals surface area contributed by atoms with Gasteiger partial charge in [0.25, 0.3) is 6.71 Å². The molecule has 0 N–H and O–H groups in total. The summed E-state index contributed by atoms with van der Waals surface area (Å²) < 4.78 is 2.59. The van der Waals surface area contributed by atoms with Crippen molar-refractivity contribution < 1.29 is 0 Å². The van der Waals surface area contributed by atoms with Crippen LogP contribution in [0.2, 0.25) is 0 Å². The third-order valence-corrected chi connectivity index (χ3v) is 12.4. The maximum atomic E-state index is 2.88. The normalized spacial score (nSPS) is 28.9. The summed E-state index contributed by atoms with van der Waals surface area (Å²) in [5.74, 6) is 1.74. The molecule has 2 saturated carbocycles. The third-order valence-electron chi connectivity index (χ3n) is 12.4. The molecule has 3 heteroatoms. The minimum Gasteiger partial charge on any atom is -0.335 e. The van der Waals surface area contributed by atoms with Gasteiger partial charge in [0.1, 0.15) is 0 Å². The Morgan fingerprint density at radius 3 is 2.40 bits per heavy atom. The Hall–Kier alpha value is -3.46. The lowest BCUT2D eigenvalue weighted by Gasteiger charge is -2.57. The van der Waals surface area contributed by atoms with Crippen LogP contribution in [0, 0.1) is 18.8 Å². The van der Waals surface area contributed by atoms with Crippen LogP contribution in [0.15, 0.2) is 72.8 Å². The molecule has 2 fully saturated rings. The highest BCUT2D eigenvalue weighted by molar-refractivity contribution is 7.00. The molecule has 40 heavy (non-hydrogen) atoms.